The molecule has 5 nitrogen and oxygen atoms in total. The molecule has 2 N–H and O–H groups in total. The van der Waals surface area contributed by atoms with Crippen LogP contribution >= 0.6 is 0 Å². The van der Waals surface area contributed by atoms with Crippen molar-refractivity contribution in [1.82, 2.24) is 0 Å². The Morgan fingerprint density at radius 2 is 1.83 bits per heavy atom. The summed E-state index contributed by atoms with van der Waals surface area (Å²) in [5.74, 6) is -0.445. The minimum absolute atomic E-state index is 0.224. The van der Waals surface area contributed by atoms with Crippen LogP contribution in [0.25, 0.3) is 33.4 Å². The number of nitrogens with zero attached hydrogens (tertiary/aromatic N) is 1. The Kier molecular flexibility index (Phi) is 4.51. The van der Waals surface area contributed by atoms with E-state index in [0.29, 0.717) is 22.3 Å². The normalized spacial score (nSPS) is 11.6. The van der Waals surface area contributed by atoms with Crippen molar-refractivity contribution < 1.29 is 14.3 Å². The van der Waals surface area contributed by atoms with Gasteiger partial charge in [0.15, 0.2) is 0 Å². The second kappa shape index (κ2) is 7.02. The number of fused-ring (bicyclic) bond motifs is 2. The van der Waals surface area contributed by atoms with Gasteiger partial charge in [0, 0.05) is 34.9 Å². The molecular formula is C24H20N2O3. The van der Waals surface area contributed by atoms with E-state index in [-0.39, 0.29) is 5.56 Å². The Morgan fingerprint density at radius 1 is 1.07 bits per heavy atom. The quantitative estimate of drug-likeness (QED) is 0.350. The number of hydrogen-bond acceptors (Lipinski definition) is 4. The van der Waals surface area contributed by atoms with E-state index in [0.717, 1.165) is 33.3 Å². The lowest BCUT2D eigenvalue weighted by Crippen LogP contribution is -2.07. The standard InChI is InChI=1S/C24H20N2O3/c1-4-26-20-12-22-18(10-14(20)3)23(15-7-5-6-8-16(15)24(27)28)17-9-13(2)19(25)11-21(17)29-22/h4-12,25H,1-3H3,(H,27,28). The fraction of sp³-hybridized carbons (Fsp3) is 0.125. The molecule has 0 bridgehead atoms. The van der Waals surface area contributed by atoms with E-state index in [9.17, 15) is 9.90 Å². The molecule has 1 heterocycles. The summed E-state index contributed by atoms with van der Waals surface area (Å²) in [6.07, 6.45) is 1.72. The molecule has 144 valence electrons. The first-order chi connectivity index (χ1) is 13.9. The molecule has 0 aromatic heterocycles. The molecule has 0 spiro atoms. The molecule has 2 aromatic rings. The first kappa shape index (κ1) is 18.6. The molecular weight excluding hydrogens is 364 g/mol. The number of aliphatic imine (C=N–C) groups is 1. The Morgan fingerprint density at radius 3 is 2.55 bits per heavy atom. The van der Waals surface area contributed by atoms with Gasteiger partial charge < -0.3 is 14.9 Å². The summed E-state index contributed by atoms with van der Waals surface area (Å²) in [6.45, 7) is 5.69. The molecule has 1 aliphatic heterocycles. The van der Waals surface area contributed by atoms with Gasteiger partial charge in [-0.05, 0) is 55.7 Å². The lowest BCUT2D eigenvalue weighted by Gasteiger charge is -2.18. The maximum Gasteiger partial charge on any atom is 0.336 e. The third-order valence-corrected chi connectivity index (χ3v) is 5.08. The third-order valence-electron chi connectivity index (χ3n) is 5.08. The number of carbonyl (C=O) groups is 1. The monoisotopic (exact) mass is 384 g/mol. The average molecular weight is 384 g/mol. The molecule has 4 rings (SSSR count). The van der Waals surface area contributed by atoms with Gasteiger partial charge in [0.25, 0.3) is 0 Å². The number of aromatic carboxylic acids is 1. The zero-order valence-corrected chi connectivity index (χ0v) is 16.4. The summed E-state index contributed by atoms with van der Waals surface area (Å²) in [5, 5.41) is 19.1. The van der Waals surface area contributed by atoms with Gasteiger partial charge in [0.1, 0.15) is 11.3 Å². The van der Waals surface area contributed by atoms with Crippen molar-refractivity contribution in [3.63, 3.8) is 0 Å². The van der Waals surface area contributed by atoms with E-state index in [1.165, 1.54) is 0 Å². The first-order valence-electron chi connectivity index (χ1n) is 9.28. The molecule has 0 unspecified atom stereocenters. The molecule has 2 aliphatic rings. The second-order valence-corrected chi connectivity index (χ2v) is 7.01. The van der Waals surface area contributed by atoms with Crippen LogP contribution in [0, 0.1) is 19.3 Å². The lowest BCUT2D eigenvalue weighted by molar-refractivity contribution is 0.0697. The van der Waals surface area contributed by atoms with Crippen molar-refractivity contribution in [2.75, 3.05) is 0 Å². The summed E-state index contributed by atoms with van der Waals surface area (Å²) in [6, 6.07) is 14.4. The van der Waals surface area contributed by atoms with Crippen molar-refractivity contribution >= 4 is 28.8 Å². The molecule has 0 fully saturated rings. The van der Waals surface area contributed by atoms with Crippen LogP contribution in [0.15, 0.2) is 57.9 Å². The Balaban J connectivity index is 2.24. The highest BCUT2D eigenvalue weighted by Gasteiger charge is 2.22. The van der Waals surface area contributed by atoms with Gasteiger partial charge in [-0.1, -0.05) is 18.2 Å². The van der Waals surface area contributed by atoms with Gasteiger partial charge in [0.05, 0.1) is 16.6 Å². The summed E-state index contributed by atoms with van der Waals surface area (Å²) in [4.78, 5) is 16.3. The van der Waals surface area contributed by atoms with Gasteiger partial charge in [-0.3, -0.25) is 4.99 Å². The largest absolute Gasteiger partial charge is 0.478 e. The first-order valence-corrected chi connectivity index (χ1v) is 9.28. The molecule has 0 saturated carbocycles. The van der Waals surface area contributed by atoms with Crippen molar-refractivity contribution in [1.29, 1.82) is 5.41 Å². The second-order valence-electron chi connectivity index (χ2n) is 7.01. The number of nitrogens with one attached hydrogen (secondary N) is 1. The minimum Gasteiger partial charge on any atom is -0.478 e. The smallest absolute Gasteiger partial charge is 0.336 e. The van der Waals surface area contributed by atoms with Gasteiger partial charge in [0.2, 0.25) is 0 Å². The molecule has 2 aromatic carbocycles. The predicted octanol–water partition coefficient (Wildman–Crippen LogP) is 5.72. The zero-order chi connectivity index (χ0) is 20.7. The molecule has 0 radical (unpaired) electrons. The van der Waals surface area contributed by atoms with Crippen LogP contribution in [-0.2, 0) is 0 Å². The van der Waals surface area contributed by atoms with Gasteiger partial charge in [-0.2, -0.15) is 0 Å². The van der Waals surface area contributed by atoms with Gasteiger partial charge >= 0.3 is 5.97 Å². The van der Waals surface area contributed by atoms with Gasteiger partial charge in [-0.25, -0.2) is 4.79 Å². The molecule has 29 heavy (non-hydrogen) atoms. The van der Waals surface area contributed by atoms with E-state index in [1.807, 2.05) is 51.1 Å². The van der Waals surface area contributed by atoms with E-state index in [1.54, 1.807) is 24.4 Å². The van der Waals surface area contributed by atoms with Crippen LogP contribution in [-0.4, -0.2) is 17.3 Å². The fourth-order valence-electron chi connectivity index (χ4n) is 3.64. The van der Waals surface area contributed by atoms with Crippen LogP contribution in [0.5, 0.6) is 0 Å². The number of rotatable bonds is 3. The van der Waals surface area contributed by atoms with Crippen molar-refractivity contribution in [3.05, 3.63) is 70.6 Å². The number of aryl methyl sites for hydroxylation is 2. The molecule has 0 amide bonds. The molecule has 5 heteroatoms. The van der Waals surface area contributed by atoms with Crippen LogP contribution in [0.3, 0.4) is 0 Å². The van der Waals surface area contributed by atoms with E-state index in [2.05, 4.69) is 4.99 Å². The topological polar surface area (TPSA) is 86.7 Å². The molecule has 1 aliphatic carbocycles. The Bertz CT molecular complexity index is 1330. The van der Waals surface area contributed by atoms with Gasteiger partial charge in [-0.15, -0.1) is 0 Å². The molecule has 0 atom stereocenters. The number of carboxylic acids is 1. The minimum atomic E-state index is -0.986. The number of hydrogen-bond donors (Lipinski definition) is 2. The van der Waals surface area contributed by atoms with Crippen LogP contribution in [0.1, 0.15) is 28.4 Å². The number of carboxylic acid groups (broad SMARTS) is 1. The summed E-state index contributed by atoms with van der Waals surface area (Å²) >= 11 is 0. The third kappa shape index (κ3) is 3.10. The maximum atomic E-state index is 11.9. The maximum absolute atomic E-state index is 11.9. The highest BCUT2D eigenvalue weighted by atomic mass is 16.4. The number of benzene rings is 3. The summed E-state index contributed by atoms with van der Waals surface area (Å²) in [5.41, 5.74) is 5.57. The predicted molar refractivity (Wildman–Crippen MR) is 114 cm³/mol. The highest BCUT2D eigenvalue weighted by molar-refractivity contribution is 6.08. The van der Waals surface area contributed by atoms with E-state index in [4.69, 9.17) is 9.83 Å². The highest BCUT2D eigenvalue weighted by Crippen LogP contribution is 2.43. The van der Waals surface area contributed by atoms with E-state index >= 15 is 0 Å². The Labute approximate surface area is 167 Å². The summed E-state index contributed by atoms with van der Waals surface area (Å²) < 4.78 is 6.15. The lowest BCUT2D eigenvalue weighted by atomic mass is 9.89. The van der Waals surface area contributed by atoms with Crippen molar-refractivity contribution in [2.45, 2.75) is 20.8 Å². The van der Waals surface area contributed by atoms with Crippen LogP contribution in [0.4, 0.5) is 5.69 Å². The van der Waals surface area contributed by atoms with Crippen molar-refractivity contribution in [2.24, 2.45) is 4.99 Å². The summed E-state index contributed by atoms with van der Waals surface area (Å²) in [7, 11) is 0. The Hall–Kier alpha value is -3.73. The van der Waals surface area contributed by atoms with Crippen LogP contribution < -0.4 is 5.36 Å². The fourth-order valence-corrected chi connectivity index (χ4v) is 3.64. The molecule has 0 saturated heterocycles. The average Bonchev–Trinajstić information content (AvgIpc) is 2.69. The SMILES string of the molecule is CC=Nc1cc2oc3cc(=N)c(C)cc-3c(-c3ccccc3C(=O)O)c2cc1C. The van der Waals surface area contributed by atoms with Crippen LogP contribution in [0.2, 0.25) is 0 Å². The van der Waals surface area contributed by atoms with Crippen molar-refractivity contribution in [3.8, 4) is 22.5 Å². The van der Waals surface area contributed by atoms with E-state index < -0.39 is 5.97 Å². The zero-order valence-electron chi connectivity index (χ0n) is 16.4.